The second kappa shape index (κ2) is 5.09. The second-order valence-electron chi connectivity index (χ2n) is 4.67. The van der Waals surface area contributed by atoms with Crippen molar-refractivity contribution in [1.29, 1.82) is 0 Å². The number of aryl methyl sites for hydroxylation is 1. The van der Waals surface area contributed by atoms with Gasteiger partial charge in [0.2, 0.25) is 0 Å². The fourth-order valence-electron chi connectivity index (χ4n) is 2.48. The first-order chi connectivity index (χ1) is 10.2. The van der Waals surface area contributed by atoms with Crippen molar-refractivity contribution in [2.45, 2.75) is 13.5 Å². The zero-order valence-corrected chi connectivity index (χ0v) is 11.8. The van der Waals surface area contributed by atoms with E-state index in [4.69, 9.17) is 4.74 Å². The van der Waals surface area contributed by atoms with E-state index in [0.29, 0.717) is 29.2 Å². The van der Waals surface area contributed by atoms with Crippen molar-refractivity contribution in [3.63, 3.8) is 0 Å². The predicted molar refractivity (Wildman–Crippen MR) is 79.0 cm³/mol. The number of para-hydroxylation sites is 1. The van der Waals surface area contributed by atoms with Gasteiger partial charge in [0, 0.05) is 12.1 Å². The SMILES string of the molecule is CCn1c(-c2ccc(OC)c(O)c2)nc2c(F)cccc21. The maximum absolute atomic E-state index is 13.9. The maximum atomic E-state index is 13.9. The minimum absolute atomic E-state index is 0.0326. The van der Waals surface area contributed by atoms with Crippen LogP contribution in [0.2, 0.25) is 0 Å². The summed E-state index contributed by atoms with van der Waals surface area (Å²) in [5, 5.41) is 9.91. The van der Waals surface area contributed by atoms with Crippen LogP contribution in [-0.2, 0) is 6.54 Å². The molecule has 0 bridgehead atoms. The number of nitrogens with zero attached hydrogens (tertiary/aromatic N) is 2. The van der Waals surface area contributed by atoms with Crippen molar-refractivity contribution in [2.24, 2.45) is 0 Å². The van der Waals surface area contributed by atoms with E-state index in [-0.39, 0.29) is 11.6 Å². The molecule has 0 aliphatic rings. The molecule has 1 N–H and O–H groups in total. The van der Waals surface area contributed by atoms with Gasteiger partial charge in [0.1, 0.15) is 11.3 Å². The standard InChI is InChI=1S/C16H15FN2O2/c1-3-19-12-6-4-5-11(17)15(12)18-16(19)10-7-8-14(21-2)13(20)9-10/h4-9,20H,3H2,1-2H3. The number of hydrogen-bond donors (Lipinski definition) is 1. The molecular formula is C16H15FN2O2. The van der Waals surface area contributed by atoms with Gasteiger partial charge in [0.05, 0.1) is 12.6 Å². The third-order valence-electron chi connectivity index (χ3n) is 3.48. The number of phenolic OH excluding ortho intramolecular Hbond substituents is 1. The van der Waals surface area contributed by atoms with Crippen LogP contribution >= 0.6 is 0 Å². The number of aromatic nitrogens is 2. The van der Waals surface area contributed by atoms with E-state index < -0.39 is 0 Å². The van der Waals surface area contributed by atoms with Gasteiger partial charge in [-0.25, -0.2) is 9.37 Å². The van der Waals surface area contributed by atoms with Crippen molar-refractivity contribution in [2.75, 3.05) is 7.11 Å². The fourth-order valence-corrected chi connectivity index (χ4v) is 2.48. The summed E-state index contributed by atoms with van der Waals surface area (Å²) in [6.07, 6.45) is 0. The van der Waals surface area contributed by atoms with E-state index in [1.54, 1.807) is 24.3 Å². The van der Waals surface area contributed by atoms with Gasteiger partial charge < -0.3 is 14.4 Å². The summed E-state index contributed by atoms with van der Waals surface area (Å²) in [5.41, 5.74) is 1.79. The minimum atomic E-state index is -0.348. The molecule has 0 saturated carbocycles. The van der Waals surface area contributed by atoms with E-state index >= 15 is 0 Å². The van der Waals surface area contributed by atoms with Crippen molar-refractivity contribution in [3.8, 4) is 22.9 Å². The van der Waals surface area contributed by atoms with Crippen LogP contribution in [0.25, 0.3) is 22.4 Å². The molecule has 0 aliphatic heterocycles. The summed E-state index contributed by atoms with van der Waals surface area (Å²) < 4.78 is 20.8. The summed E-state index contributed by atoms with van der Waals surface area (Å²) in [6.45, 7) is 2.63. The Hall–Kier alpha value is -2.56. The summed E-state index contributed by atoms with van der Waals surface area (Å²) in [7, 11) is 1.49. The molecule has 0 amide bonds. The van der Waals surface area contributed by atoms with Gasteiger partial charge in [-0.1, -0.05) is 6.07 Å². The number of methoxy groups -OCH3 is 1. The highest BCUT2D eigenvalue weighted by Gasteiger charge is 2.15. The molecular weight excluding hydrogens is 271 g/mol. The lowest BCUT2D eigenvalue weighted by atomic mass is 10.2. The number of imidazole rings is 1. The highest BCUT2D eigenvalue weighted by atomic mass is 19.1. The molecule has 2 aromatic carbocycles. The monoisotopic (exact) mass is 286 g/mol. The Kier molecular flexibility index (Phi) is 3.25. The van der Waals surface area contributed by atoms with Crippen LogP contribution in [0.3, 0.4) is 0 Å². The molecule has 4 nitrogen and oxygen atoms in total. The van der Waals surface area contributed by atoms with Crippen LogP contribution in [0.4, 0.5) is 4.39 Å². The van der Waals surface area contributed by atoms with Crippen LogP contribution in [0.1, 0.15) is 6.92 Å². The molecule has 0 saturated heterocycles. The number of fused-ring (bicyclic) bond motifs is 1. The number of rotatable bonds is 3. The molecule has 21 heavy (non-hydrogen) atoms. The number of phenols is 1. The first-order valence-electron chi connectivity index (χ1n) is 6.67. The Morgan fingerprint density at radius 3 is 2.76 bits per heavy atom. The smallest absolute Gasteiger partial charge is 0.160 e. The zero-order valence-electron chi connectivity index (χ0n) is 11.8. The molecule has 0 spiro atoms. The van der Waals surface area contributed by atoms with E-state index in [1.807, 2.05) is 17.6 Å². The largest absolute Gasteiger partial charge is 0.504 e. The first kappa shape index (κ1) is 13.4. The molecule has 1 aromatic heterocycles. The topological polar surface area (TPSA) is 47.3 Å². The molecule has 0 radical (unpaired) electrons. The van der Waals surface area contributed by atoms with Crippen LogP contribution in [0.5, 0.6) is 11.5 Å². The Balaban J connectivity index is 2.24. The average Bonchev–Trinajstić information content (AvgIpc) is 2.87. The summed E-state index contributed by atoms with van der Waals surface area (Å²) >= 11 is 0. The third-order valence-corrected chi connectivity index (χ3v) is 3.48. The van der Waals surface area contributed by atoms with E-state index in [2.05, 4.69) is 4.98 Å². The molecule has 5 heteroatoms. The minimum Gasteiger partial charge on any atom is -0.504 e. The summed E-state index contributed by atoms with van der Waals surface area (Å²) in [4.78, 5) is 4.39. The molecule has 0 unspecified atom stereocenters. The Labute approximate surface area is 121 Å². The molecule has 1 heterocycles. The van der Waals surface area contributed by atoms with Crippen molar-refractivity contribution < 1.29 is 14.2 Å². The Bertz CT molecular complexity index is 811. The third kappa shape index (κ3) is 2.11. The fraction of sp³-hybridized carbons (Fsp3) is 0.188. The van der Waals surface area contributed by atoms with Gasteiger partial charge in [0.25, 0.3) is 0 Å². The molecule has 3 aromatic rings. The average molecular weight is 286 g/mol. The lowest BCUT2D eigenvalue weighted by Crippen LogP contribution is -1.97. The number of hydrogen-bond acceptors (Lipinski definition) is 3. The van der Waals surface area contributed by atoms with Crippen molar-refractivity contribution in [3.05, 3.63) is 42.2 Å². The molecule has 0 fully saturated rings. The quantitative estimate of drug-likeness (QED) is 0.800. The van der Waals surface area contributed by atoms with Gasteiger partial charge in [-0.15, -0.1) is 0 Å². The molecule has 0 atom stereocenters. The number of halogens is 1. The zero-order chi connectivity index (χ0) is 15.0. The number of aromatic hydroxyl groups is 1. The van der Waals surface area contributed by atoms with Gasteiger partial charge in [0.15, 0.2) is 17.3 Å². The summed E-state index contributed by atoms with van der Waals surface area (Å²) in [5.74, 6) is 0.698. The molecule has 108 valence electrons. The number of benzene rings is 2. The number of ether oxygens (including phenoxy) is 1. The van der Waals surface area contributed by atoms with Gasteiger partial charge in [-0.2, -0.15) is 0 Å². The lowest BCUT2D eigenvalue weighted by Gasteiger charge is -2.08. The van der Waals surface area contributed by atoms with Gasteiger partial charge >= 0.3 is 0 Å². The second-order valence-corrected chi connectivity index (χ2v) is 4.67. The molecule has 3 rings (SSSR count). The van der Waals surface area contributed by atoms with Crippen LogP contribution in [0, 0.1) is 5.82 Å². The normalized spacial score (nSPS) is 11.0. The van der Waals surface area contributed by atoms with Crippen LogP contribution in [0.15, 0.2) is 36.4 Å². The van der Waals surface area contributed by atoms with E-state index in [0.717, 1.165) is 5.52 Å². The lowest BCUT2D eigenvalue weighted by molar-refractivity contribution is 0.373. The first-order valence-corrected chi connectivity index (χ1v) is 6.67. The Morgan fingerprint density at radius 2 is 2.10 bits per heavy atom. The van der Waals surface area contributed by atoms with Crippen LogP contribution < -0.4 is 4.74 Å². The van der Waals surface area contributed by atoms with E-state index in [1.165, 1.54) is 13.2 Å². The van der Waals surface area contributed by atoms with Crippen molar-refractivity contribution in [1.82, 2.24) is 9.55 Å². The molecule has 0 aliphatic carbocycles. The summed E-state index contributed by atoms with van der Waals surface area (Å²) in [6, 6.07) is 9.93. The highest BCUT2D eigenvalue weighted by molar-refractivity contribution is 5.81. The van der Waals surface area contributed by atoms with Crippen LogP contribution in [-0.4, -0.2) is 21.8 Å². The van der Waals surface area contributed by atoms with E-state index in [9.17, 15) is 9.50 Å². The van der Waals surface area contributed by atoms with Crippen molar-refractivity contribution >= 4 is 11.0 Å². The Morgan fingerprint density at radius 1 is 1.29 bits per heavy atom. The highest BCUT2D eigenvalue weighted by Crippen LogP contribution is 2.32. The predicted octanol–water partition coefficient (Wildman–Crippen LogP) is 3.58. The van der Waals surface area contributed by atoms with Gasteiger partial charge in [-0.3, -0.25) is 0 Å². The maximum Gasteiger partial charge on any atom is 0.160 e. The van der Waals surface area contributed by atoms with Gasteiger partial charge in [-0.05, 0) is 37.3 Å².